The molecule has 0 fully saturated rings. The van der Waals surface area contributed by atoms with Gasteiger partial charge in [0.05, 0.1) is 11.4 Å². The van der Waals surface area contributed by atoms with Crippen molar-refractivity contribution >= 4 is 21.5 Å². The zero-order valence-electron chi connectivity index (χ0n) is 33.0. The predicted molar refractivity (Wildman–Crippen MR) is 247 cm³/mol. The van der Waals surface area contributed by atoms with Crippen LogP contribution in [0, 0.1) is 0 Å². The summed E-state index contributed by atoms with van der Waals surface area (Å²) in [5, 5.41) is 4.89. The third-order valence-electron chi connectivity index (χ3n) is 12.3. The summed E-state index contributed by atoms with van der Waals surface area (Å²) in [6.45, 7) is 4.71. The largest absolute Gasteiger partial charge is 0.228 e. The molecule has 0 saturated heterocycles. The van der Waals surface area contributed by atoms with Crippen molar-refractivity contribution in [1.82, 2.24) is 9.97 Å². The van der Waals surface area contributed by atoms with Crippen LogP contribution in [0.5, 0.6) is 0 Å². The van der Waals surface area contributed by atoms with Gasteiger partial charge in [0.25, 0.3) is 0 Å². The molecule has 0 aliphatic heterocycles. The molecule has 59 heavy (non-hydrogen) atoms. The van der Waals surface area contributed by atoms with E-state index in [0.717, 1.165) is 44.6 Å². The van der Waals surface area contributed by atoms with E-state index in [4.69, 9.17) is 9.97 Å². The van der Waals surface area contributed by atoms with E-state index in [9.17, 15) is 0 Å². The minimum absolute atomic E-state index is 0.0789. The molecule has 0 amide bonds. The van der Waals surface area contributed by atoms with Crippen LogP contribution in [0.1, 0.15) is 25.0 Å². The van der Waals surface area contributed by atoms with Gasteiger partial charge in [-0.2, -0.15) is 0 Å². The van der Waals surface area contributed by atoms with E-state index in [1.807, 2.05) is 6.07 Å². The number of benzene rings is 9. The molecule has 9 aromatic carbocycles. The van der Waals surface area contributed by atoms with Crippen LogP contribution in [-0.2, 0) is 5.41 Å². The van der Waals surface area contributed by atoms with Crippen LogP contribution >= 0.6 is 0 Å². The Bertz CT molecular complexity index is 3220. The highest BCUT2D eigenvalue weighted by molar-refractivity contribution is 6.07. The Morgan fingerprint density at radius 1 is 0.322 bits per heavy atom. The van der Waals surface area contributed by atoms with E-state index >= 15 is 0 Å². The van der Waals surface area contributed by atoms with Gasteiger partial charge in [-0.25, -0.2) is 9.97 Å². The maximum Gasteiger partial charge on any atom is 0.161 e. The standard InChI is InChI=1S/C57H40N2/c1-57(2)51-32-29-43(35-50(51)55-46-21-10-9-16-40(46)28-33-52(55)57)45-30-31-49(48-23-12-11-22-47(45)48)56-58-53(41-17-7-4-8-18-41)36-54(59-56)44-20-13-19-42(34-44)39-26-24-38(25-27-39)37-14-5-3-6-15-37/h3-36H,1-2H3. The molecule has 278 valence electrons. The first-order chi connectivity index (χ1) is 29.0. The predicted octanol–water partition coefficient (Wildman–Crippen LogP) is 15.1. The van der Waals surface area contributed by atoms with Crippen LogP contribution in [0.4, 0.5) is 0 Å². The van der Waals surface area contributed by atoms with Gasteiger partial charge >= 0.3 is 0 Å². The number of hydrogen-bond acceptors (Lipinski definition) is 2. The monoisotopic (exact) mass is 752 g/mol. The summed E-state index contributed by atoms with van der Waals surface area (Å²) in [5.74, 6) is 0.706. The van der Waals surface area contributed by atoms with Crippen molar-refractivity contribution in [2.75, 3.05) is 0 Å². The second kappa shape index (κ2) is 13.9. The summed E-state index contributed by atoms with van der Waals surface area (Å²) in [6, 6.07) is 74.3. The van der Waals surface area contributed by atoms with Gasteiger partial charge in [0.15, 0.2) is 5.82 Å². The zero-order chi connectivity index (χ0) is 39.5. The fraction of sp³-hybridized carbons (Fsp3) is 0.0526. The second-order valence-corrected chi connectivity index (χ2v) is 16.2. The highest BCUT2D eigenvalue weighted by Crippen LogP contribution is 2.52. The number of nitrogens with zero attached hydrogens (tertiary/aromatic N) is 2. The molecule has 1 heterocycles. The summed E-state index contributed by atoms with van der Waals surface area (Å²) in [7, 11) is 0. The molecular formula is C57H40N2. The van der Waals surface area contributed by atoms with E-state index in [-0.39, 0.29) is 5.41 Å². The van der Waals surface area contributed by atoms with Crippen molar-refractivity contribution in [3.05, 3.63) is 217 Å². The Kier molecular flexibility index (Phi) is 8.20. The molecule has 0 bridgehead atoms. The van der Waals surface area contributed by atoms with Crippen LogP contribution in [0.15, 0.2) is 206 Å². The third kappa shape index (κ3) is 5.96. The van der Waals surface area contributed by atoms with Gasteiger partial charge in [-0.15, -0.1) is 0 Å². The molecule has 0 N–H and O–H groups in total. The highest BCUT2D eigenvalue weighted by Gasteiger charge is 2.36. The Hall–Kier alpha value is -7.42. The zero-order valence-corrected chi connectivity index (χ0v) is 33.0. The van der Waals surface area contributed by atoms with E-state index in [0.29, 0.717) is 5.82 Å². The molecule has 0 unspecified atom stereocenters. The SMILES string of the molecule is CC1(C)c2ccc(-c3ccc(-c4nc(-c5ccccc5)cc(-c5cccc(-c6ccc(-c7ccccc7)cc6)c5)n4)c4ccccc34)cc2-c2c1ccc1ccccc21. The van der Waals surface area contributed by atoms with Gasteiger partial charge in [0, 0.05) is 22.1 Å². The Morgan fingerprint density at radius 2 is 0.847 bits per heavy atom. The molecule has 1 aliphatic rings. The quantitative estimate of drug-likeness (QED) is 0.169. The van der Waals surface area contributed by atoms with Gasteiger partial charge in [0.2, 0.25) is 0 Å². The van der Waals surface area contributed by atoms with Crippen molar-refractivity contribution < 1.29 is 0 Å². The molecule has 0 saturated carbocycles. The lowest BCUT2D eigenvalue weighted by molar-refractivity contribution is 0.661. The second-order valence-electron chi connectivity index (χ2n) is 16.2. The average molecular weight is 753 g/mol. The normalized spacial score (nSPS) is 12.7. The van der Waals surface area contributed by atoms with Gasteiger partial charge in [0.1, 0.15) is 0 Å². The molecule has 10 aromatic rings. The van der Waals surface area contributed by atoms with E-state index in [1.165, 1.54) is 60.7 Å². The first kappa shape index (κ1) is 34.8. The number of hydrogen-bond donors (Lipinski definition) is 0. The summed E-state index contributed by atoms with van der Waals surface area (Å²) in [4.78, 5) is 10.6. The molecule has 2 nitrogen and oxygen atoms in total. The summed E-state index contributed by atoms with van der Waals surface area (Å²) < 4.78 is 0. The lowest BCUT2D eigenvalue weighted by Crippen LogP contribution is -2.14. The van der Waals surface area contributed by atoms with Crippen molar-refractivity contribution in [2.24, 2.45) is 0 Å². The van der Waals surface area contributed by atoms with Crippen molar-refractivity contribution in [3.8, 4) is 78.4 Å². The van der Waals surface area contributed by atoms with E-state index in [1.54, 1.807) is 0 Å². The molecule has 11 rings (SSSR count). The number of rotatable bonds is 6. The summed E-state index contributed by atoms with van der Waals surface area (Å²) in [5.41, 5.74) is 17.4. The molecule has 1 aromatic heterocycles. The molecule has 0 atom stereocenters. The van der Waals surface area contributed by atoms with Crippen LogP contribution in [-0.4, -0.2) is 9.97 Å². The van der Waals surface area contributed by atoms with Crippen molar-refractivity contribution in [2.45, 2.75) is 19.3 Å². The Labute approximate surface area is 345 Å². The highest BCUT2D eigenvalue weighted by atomic mass is 14.9. The van der Waals surface area contributed by atoms with Crippen molar-refractivity contribution in [1.29, 1.82) is 0 Å². The van der Waals surface area contributed by atoms with Gasteiger partial charge < -0.3 is 0 Å². The van der Waals surface area contributed by atoms with Gasteiger partial charge in [-0.1, -0.05) is 196 Å². The van der Waals surface area contributed by atoms with Crippen LogP contribution in [0.25, 0.3) is 100.0 Å². The van der Waals surface area contributed by atoms with Crippen LogP contribution in [0.3, 0.4) is 0 Å². The van der Waals surface area contributed by atoms with E-state index < -0.39 is 0 Å². The average Bonchev–Trinajstić information content (AvgIpc) is 3.54. The Morgan fingerprint density at radius 3 is 1.59 bits per heavy atom. The third-order valence-corrected chi connectivity index (χ3v) is 12.3. The first-order valence-corrected chi connectivity index (χ1v) is 20.4. The minimum Gasteiger partial charge on any atom is -0.228 e. The topological polar surface area (TPSA) is 25.8 Å². The van der Waals surface area contributed by atoms with E-state index in [2.05, 4.69) is 214 Å². The van der Waals surface area contributed by atoms with Crippen LogP contribution in [0.2, 0.25) is 0 Å². The minimum atomic E-state index is -0.0789. The Balaban J connectivity index is 1.03. The molecule has 1 aliphatic carbocycles. The maximum atomic E-state index is 5.35. The molecular weight excluding hydrogens is 713 g/mol. The lowest BCUT2D eigenvalue weighted by atomic mass is 9.81. The van der Waals surface area contributed by atoms with Gasteiger partial charge in [-0.3, -0.25) is 0 Å². The number of fused-ring (bicyclic) bond motifs is 6. The first-order valence-electron chi connectivity index (χ1n) is 20.4. The fourth-order valence-electron chi connectivity index (χ4n) is 9.25. The molecule has 0 radical (unpaired) electrons. The summed E-state index contributed by atoms with van der Waals surface area (Å²) in [6.07, 6.45) is 0. The lowest BCUT2D eigenvalue weighted by Gasteiger charge is -2.21. The fourth-order valence-corrected chi connectivity index (χ4v) is 9.25. The number of aromatic nitrogens is 2. The van der Waals surface area contributed by atoms with Crippen LogP contribution < -0.4 is 0 Å². The maximum absolute atomic E-state index is 5.35. The van der Waals surface area contributed by atoms with Gasteiger partial charge in [-0.05, 0) is 101 Å². The molecule has 0 spiro atoms. The van der Waals surface area contributed by atoms with Crippen molar-refractivity contribution in [3.63, 3.8) is 0 Å². The molecule has 2 heteroatoms. The smallest absolute Gasteiger partial charge is 0.161 e. The summed E-state index contributed by atoms with van der Waals surface area (Å²) >= 11 is 0.